The Morgan fingerprint density at radius 3 is 2.55 bits per heavy atom. The number of carbonyl (C=O) groups is 1. The maximum atomic E-state index is 12.0. The lowest BCUT2D eigenvalue weighted by molar-refractivity contribution is -0.159. The van der Waals surface area contributed by atoms with Gasteiger partial charge in [0, 0.05) is 0 Å². The van der Waals surface area contributed by atoms with Crippen LogP contribution in [0, 0.1) is 41.4 Å². The van der Waals surface area contributed by atoms with Crippen LogP contribution in [-0.2, 0) is 9.53 Å². The van der Waals surface area contributed by atoms with Gasteiger partial charge >= 0.3 is 5.97 Å². The number of fused-ring (bicyclic) bond motifs is 9. The zero-order valence-corrected chi connectivity index (χ0v) is 12.5. The van der Waals surface area contributed by atoms with Crippen LogP contribution in [0.1, 0.15) is 46.0 Å². The van der Waals surface area contributed by atoms with Crippen molar-refractivity contribution >= 4 is 5.97 Å². The van der Waals surface area contributed by atoms with Crippen LogP contribution >= 0.6 is 0 Å². The van der Waals surface area contributed by atoms with Crippen molar-refractivity contribution in [3.63, 3.8) is 0 Å². The van der Waals surface area contributed by atoms with E-state index in [9.17, 15) is 9.90 Å². The first kappa shape index (κ1) is 13.1. The molecule has 0 radical (unpaired) electrons. The number of hydrogen-bond acceptors (Lipinski definition) is 3. The lowest BCUT2D eigenvalue weighted by Crippen LogP contribution is -2.41. The van der Waals surface area contributed by atoms with Crippen LogP contribution < -0.4 is 0 Å². The summed E-state index contributed by atoms with van der Waals surface area (Å²) in [5, 5.41) is 10.1. The third-order valence-electron chi connectivity index (χ3n) is 7.01. The lowest BCUT2D eigenvalue weighted by Gasteiger charge is -2.40. The zero-order valence-electron chi connectivity index (χ0n) is 12.5. The molecule has 112 valence electrons. The molecule has 0 spiro atoms. The average Bonchev–Trinajstić information content (AvgIpc) is 3.14. The molecule has 4 aliphatic carbocycles. The molecule has 3 heteroatoms. The Kier molecular flexibility index (Phi) is 2.93. The molecule has 0 aromatic heterocycles. The Morgan fingerprint density at radius 1 is 1.15 bits per heavy atom. The fourth-order valence-corrected chi connectivity index (χ4v) is 6.07. The monoisotopic (exact) mass is 278 g/mol. The molecule has 4 aliphatic rings. The molecule has 0 amide bonds. The highest BCUT2D eigenvalue weighted by molar-refractivity contribution is 5.72. The van der Waals surface area contributed by atoms with Crippen molar-refractivity contribution in [2.45, 2.75) is 58.2 Å². The van der Waals surface area contributed by atoms with E-state index in [-0.39, 0.29) is 24.1 Å². The van der Waals surface area contributed by atoms with Crippen molar-refractivity contribution < 1.29 is 14.6 Å². The fourth-order valence-electron chi connectivity index (χ4n) is 6.07. The molecule has 3 nitrogen and oxygen atoms in total. The molecule has 4 rings (SSSR count). The highest BCUT2D eigenvalue weighted by atomic mass is 16.5. The number of carbonyl (C=O) groups excluding carboxylic acids is 1. The first-order chi connectivity index (χ1) is 9.60. The van der Waals surface area contributed by atoms with Crippen LogP contribution in [0.3, 0.4) is 0 Å². The maximum absolute atomic E-state index is 12.0. The Bertz CT molecular complexity index is 420. The highest BCUT2D eigenvalue weighted by Crippen LogP contribution is 2.67. The van der Waals surface area contributed by atoms with Crippen molar-refractivity contribution in [1.29, 1.82) is 0 Å². The van der Waals surface area contributed by atoms with Crippen LogP contribution in [0.15, 0.2) is 0 Å². The molecular weight excluding hydrogens is 252 g/mol. The first-order valence-corrected chi connectivity index (χ1v) is 8.48. The molecular formula is C17H26O3. The maximum Gasteiger partial charge on any atom is 0.308 e. The van der Waals surface area contributed by atoms with Gasteiger partial charge in [-0.05, 0) is 67.6 Å². The number of ether oxygens (including phenoxy) is 1. The third kappa shape index (κ3) is 1.65. The summed E-state index contributed by atoms with van der Waals surface area (Å²) in [5.41, 5.74) is 0. The van der Waals surface area contributed by atoms with E-state index < -0.39 is 0 Å². The fraction of sp³-hybridized carbons (Fsp3) is 0.941. The van der Waals surface area contributed by atoms with E-state index in [2.05, 4.69) is 0 Å². The van der Waals surface area contributed by atoms with E-state index in [1.54, 1.807) is 0 Å². The van der Waals surface area contributed by atoms with Gasteiger partial charge in [0.25, 0.3) is 0 Å². The van der Waals surface area contributed by atoms with Crippen LogP contribution in [-0.4, -0.2) is 23.3 Å². The van der Waals surface area contributed by atoms with Crippen molar-refractivity contribution in [3.05, 3.63) is 0 Å². The number of hydrogen-bond donors (Lipinski definition) is 1. The van der Waals surface area contributed by atoms with E-state index in [4.69, 9.17) is 4.74 Å². The molecule has 1 N–H and O–H groups in total. The van der Waals surface area contributed by atoms with Crippen LogP contribution in [0.4, 0.5) is 0 Å². The van der Waals surface area contributed by atoms with Gasteiger partial charge in [-0.2, -0.15) is 0 Å². The molecule has 4 bridgehead atoms. The number of aliphatic hydroxyl groups excluding tert-OH is 1. The number of rotatable bonds is 3. The molecule has 0 aromatic carbocycles. The van der Waals surface area contributed by atoms with Gasteiger partial charge < -0.3 is 9.84 Å². The summed E-state index contributed by atoms with van der Waals surface area (Å²) >= 11 is 0. The molecule has 9 atom stereocenters. The molecule has 4 fully saturated rings. The van der Waals surface area contributed by atoms with E-state index in [0.717, 1.165) is 31.1 Å². The molecule has 20 heavy (non-hydrogen) atoms. The standard InChI is InChI=1S/C17H26O3/c1-3-8(2)17(19)20-14-7-10-5-12(14)16-9-4-11(15(10)16)13(18)6-9/h8-16,18H,3-7H2,1-2H3. The van der Waals surface area contributed by atoms with Crippen molar-refractivity contribution in [3.8, 4) is 0 Å². The smallest absolute Gasteiger partial charge is 0.308 e. The summed E-state index contributed by atoms with van der Waals surface area (Å²) in [6, 6.07) is 0. The van der Waals surface area contributed by atoms with E-state index >= 15 is 0 Å². The van der Waals surface area contributed by atoms with Gasteiger partial charge in [0.1, 0.15) is 6.10 Å². The minimum atomic E-state index is -0.0401. The minimum absolute atomic E-state index is 0.00444. The van der Waals surface area contributed by atoms with Gasteiger partial charge in [0.2, 0.25) is 0 Å². The van der Waals surface area contributed by atoms with Gasteiger partial charge in [-0.3, -0.25) is 4.79 Å². The largest absolute Gasteiger partial charge is 0.462 e. The average molecular weight is 278 g/mol. The SMILES string of the molecule is CCC(C)C(=O)OC1CC2CC1C1C3CC(O)C(C3)C21. The minimum Gasteiger partial charge on any atom is -0.462 e. The second-order valence-corrected chi connectivity index (χ2v) is 7.80. The van der Waals surface area contributed by atoms with Crippen LogP contribution in [0.25, 0.3) is 0 Å². The van der Waals surface area contributed by atoms with Crippen molar-refractivity contribution in [2.75, 3.05) is 0 Å². The summed E-state index contributed by atoms with van der Waals surface area (Å²) in [7, 11) is 0. The quantitative estimate of drug-likeness (QED) is 0.637. The number of aliphatic hydroxyl groups is 1. The molecule has 0 heterocycles. The van der Waals surface area contributed by atoms with Crippen molar-refractivity contribution in [2.24, 2.45) is 41.4 Å². The summed E-state index contributed by atoms with van der Waals surface area (Å²) in [4.78, 5) is 12.0. The molecule has 0 saturated heterocycles. The van der Waals surface area contributed by atoms with Gasteiger partial charge in [-0.25, -0.2) is 0 Å². The van der Waals surface area contributed by atoms with Gasteiger partial charge in [-0.1, -0.05) is 13.8 Å². The van der Waals surface area contributed by atoms with Crippen molar-refractivity contribution in [1.82, 2.24) is 0 Å². The van der Waals surface area contributed by atoms with Crippen LogP contribution in [0.5, 0.6) is 0 Å². The third-order valence-corrected chi connectivity index (χ3v) is 7.01. The second kappa shape index (κ2) is 4.46. The second-order valence-electron chi connectivity index (χ2n) is 7.80. The Hall–Kier alpha value is -0.570. The van der Waals surface area contributed by atoms with Gasteiger partial charge in [0.15, 0.2) is 0 Å². The Labute approximate surface area is 121 Å². The summed E-state index contributed by atoms with van der Waals surface area (Å²) < 4.78 is 5.84. The molecule has 0 aromatic rings. The Balaban J connectivity index is 1.47. The summed E-state index contributed by atoms with van der Waals surface area (Å²) in [5.74, 6) is 4.11. The summed E-state index contributed by atoms with van der Waals surface area (Å²) in [6.07, 6.45) is 5.54. The molecule has 4 saturated carbocycles. The topological polar surface area (TPSA) is 46.5 Å². The van der Waals surface area contributed by atoms with E-state index in [1.807, 2.05) is 13.8 Å². The molecule has 0 aliphatic heterocycles. The van der Waals surface area contributed by atoms with Gasteiger partial charge in [0.05, 0.1) is 12.0 Å². The highest BCUT2D eigenvalue weighted by Gasteiger charge is 2.65. The van der Waals surface area contributed by atoms with Crippen LogP contribution in [0.2, 0.25) is 0 Å². The van der Waals surface area contributed by atoms with E-state index in [0.29, 0.717) is 23.7 Å². The van der Waals surface area contributed by atoms with E-state index in [1.165, 1.54) is 12.8 Å². The van der Waals surface area contributed by atoms with Gasteiger partial charge in [-0.15, -0.1) is 0 Å². The summed E-state index contributed by atoms with van der Waals surface area (Å²) in [6.45, 7) is 4.01. The lowest BCUT2D eigenvalue weighted by atomic mass is 9.69. The first-order valence-electron chi connectivity index (χ1n) is 8.48. The predicted octanol–water partition coefficient (Wildman–Crippen LogP) is 2.62. The zero-order chi connectivity index (χ0) is 14.0. The Morgan fingerprint density at radius 2 is 1.80 bits per heavy atom. The predicted molar refractivity (Wildman–Crippen MR) is 74.7 cm³/mol. The number of esters is 1. The molecule has 9 unspecified atom stereocenters. The normalized spacial score (nSPS) is 53.1.